The lowest BCUT2D eigenvalue weighted by atomic mass is 10.0. The first kappa shape index (κ1) is 11.4. The molecule has 0 amide bonds. The molecular weight excluding hydrogens is 214 g/mol. The minimum absolute atomic E-state index is 0.311. The molecule has 2 aromatic heterocycles. The van der Waals surface area contributed by atoms with Crippen molar-refractivity contribution in [1.82, 2.24) is 19.9 Å². The predicted octanol–water partition coefficient (Wildman–Crippen LogP) is 1.95. The van der Waals surface area contributed by atoms with E-state index in [1.165, 1.54) is 0 Å². The van der Waals surface area contributed by atoms with Gasteiger partial charge in [-0.1, -0.05) is 13.8 Å². The minimum atomic E-state index is 0.311. The van der Waals surface area contributed by atoms with Crippen LogP contribution in [-0.4, -0.2) is 19.9 Å². The summed E-state index contributed by atoms with van der Waals surface area (Å²) < 4.78 is 0. The zero-order chi connectivity index (χ0) is 12.4. The smallest absolute Gasteiger partial charge is 0.182 e. The van der Waals surface area contributed by atoms with E-state index in [0.717, 1.165) is 11.3 Å². The van der Waals surface area contributed by atoms with Gasteiger partial charge in [0, 0.05) is 23.7 Å². The third kappa shape index (κ3) is 2.22. The van der Waals surface area contributed by atoms with Crippen LogP contribution in [0.5, 0.6) is 0 Å². The fraction of sp³-hybridized carbons (Fsp3) is 0.333. The molecule has 0 aromatic carbocycles. The number of rotatable bonds is 2. The highest BCUT2D eigenvalue weighted by Gasteiger charge is 2.13. The molecule has 0 aliphatic carbocycles. The summed E-state index contributed by atoms with van der Waals surface area (Å²) in [6.07, 6.45) is 4.85. The van der Waals surface area contributed by atoms with E-state index in [2.05, 4.69) is 33.8 Å². The molecule has 0 bridgehead atoms. The van der Waals surface area contributed by atoms with Crippen LogP contribution in [0.4, 0.5) is 5.82 Å². The van der Waals surface area contributed by atoms with Gasteiger partial charge in [-0.3, -0.25) is 4.98 Å². The summed E-state index contributed by atoms with van der Waals surface area (Å²) >= 11 is 0. The van der Waals surface area contributed by atoms with Crippen LogP contribution in [0.2, 0.25) is 0 Å². The van der Waals surface area contributed by atoms with Crippen molar-refractivity contribution in [1.29, 1.82) is 0 Å². The maximum Gasteiger partial charge on any atom is 0.182 e. The van der Waals surface area contributed by atoms with Crippen molar-refractivity contribution in [3.05, 3.63) is 29.8 Å². The van der Waals surface area contributed by atoms with Crippen molar-refractivity contribution in [2.24, 2.45) is 0 Å². The van der Waals surface area contributed by atoms with E-state index in [9.17, 15) is 0 Å². The van der Waals surface area contributed by atoms with Gasteiger partial charge in [-0.15, -0.1) is 0 Å². The largest absolute Gasteiger partial charge is 0.383 e. The van der Waals surface area contributed by atoms with E-state index in [1.54, 1.807) is 18.6 Å². The quantitative estimate of drug-likeness (QED) is 0.851. The second-order valence-electron chi connectivity index (χ2n) is 4.18. The Balaban J connectivity index is 2.53. The summed E-state index contributed by atoms with van der Waals surface area (Å²) in [4.78, 5) is 16.9. The number of hydrogen-bond acceptors (Lipinski definition) is 5. The van der Waals surface area contributed by atoms with Crippen molar-refractivity contribution in [3.8, 4) is 11.5 Å². The number of aryl methyl sites for hydroxylation is 1. The van der Waals surface area contributed by atoms with E-state index < -0.39 is 0 Å². The lowest BCUT2D eigenvalue weighted by Gasteiger charge is -2.12. The van der Waals surface area contributed by atoms with Crippen LogP contribution < -0.4 is 5.73 Å². The molecule has 2 N–H and O–H groups in total. The molecule has 0 aliphatic heterocycles. The zero-order valence-corrected chi connectivity index (χ0v) is 10.2. The Labute approximate surface area is 100 Å². The van der Waals surface area contributed by atoms with Crippen molar-refractivity contribution in [2.75, 3.05) is 5.73 Å². The number of hydrogen-bond donors (Lipinski definition) is 1. The number of nitrogens with zero attached hydrogens (tertiary/aromatic N) is 4. The summed E-state index contributed by atoms with van der Waals surface area (Å²) in [7, 11) is 0. The highest BCUT2D eigenvalue weighted by atomic mass is 15.0. The first-order chi connectivity index (χ1) is 8.09. The third-order valence-corrected chi connectivity index (χ3v) is 2.54. The zero-order valence-electron chi connectivity index (χ0n) is 10.2. The van der Waals surface area contributed by atoms with Gasteiger partial charge in [-0.2, -0.15) is 0 Å². The number of anilines is 1. The summed E-state index contributed by atoms with van der Waals surface area (Å²) in [6, 6.07) is 0. The molecule has 5 nitrogen and oxygen atoms in total. The highest BCUT2D eigenvalue weighted by molar-refractivity contribution is 5.54. The van der Waals surface area contributed by atoms with E-state index in [0.29, 0.717) is 23.3 Å². The van der Waals surface area contributed by atoms with Gasteiger partial charge in [-0.05, 0) is 12.8 Å². The molecule has 0 radical (unpaired) electrons. The lowest BCUT2D eigenvalue weighted by molar-refractivity contribution is 0.835. The van der Waals surface area contributed by atoms with Gasteiger partial charge >= 0.3 is 0 Å². The van der Waals surface area contributed by atoms with Gasteiger partial charge in [0.2, 0.25) is 0 Å². The van der Waals surface area contributed by atoms with E-state index in [-0.39, 0.29) is 0 Å². The normalized spacial score (nSPS) is 10.8. The van der Waals surface area contributed by atoms with Crippen molar-refractivity contribution in [3.63, 3.8) is 0 Å². The van der Waals surface area contributed by atoms with Gasteiger partial charge in [0.25, 0.3) is 0 Å². The number of aromatic nitrogens is 4. The number of nitrogens with two attached hydrogens (primary N) is 1. The summed E-state index contributed by atoms with van der Waals surface area (Å²) in [5.74, 6) is 1.36. The molecule has 0 saturated heterocycles. The van der Waals surface area contributed by atoms with Gasteiger partial charge in [0.1, 0.15) is 11.5 Å². The molecule has 0 aliphatic rings. The summed E-state index contributed by atoms with van der Waals surface area (Å²) in [5.41, 5.74) is 8.49. The average Bonchev–Trinajstić information content (AvgIpc) is 2.28. The van der Waals surface area contributed by atoms with Crippen LogP contribution in [-0.2, 0) is 0 Å². The maximum atomic E-state index is 5.96. The van der Waals surface area contributed by atoms with Crippen LogP contribution in [0.3, 0.4) is 0 Å². The molecule has 0 atom stereocenters. The predicted molar refractivity (Wildman–Crippen MR) is 66.3 cm³/mol. The summed E-state index contributed by atoms with van der Waals surface area (Å²) in [5, 5.41) is 0. The van der Waals surface area contributed by atoms with Crippen LogP contribution in [0.25, 0.3) is 11.5 Å². The van der Waals surface area contributed by atoms with Gasteiger partial charge in [0.05, 0.1) is 6.20 Å². The monoisotopic (exact) mass is 229 g/mol. The van der Waals surface area contributed by atoms with Gasteiger partial charge < -0.3 is 5.73 Å². The van der Waals surface area contributed by atoms with Crippen LogP contribution in [0.1, 0.15) is 31.0 Å². The molecule has 0 fully saturated rings. The third-order valence-electron chi connectivity index (χ3n) is 2.54. The highest BCUT2D eigenvalue weighted by Crippen LogP contribution is 2.24. The van der Waals surface area contributed by atoms with Crippen LogP contribution >= 0.6 is 0 Å². The molecule has 0 spiro atoms. The first-order valence-electron chi connectivity index (χ1n) is 5.50. The molecule has 0 unspecified atom stereocenters. The van der Waals surface area contributed by atoms with Gasteiger partial charge in [0.15, 0.2) is 5.82 Å². The van der Waals surface area contributed by atoms with E-state index in [1.807, 2.05) is 6.92 Å². The van der Waals surface area contributed by atoms with Crippen molar-refractivity contribution in [2.45, 2.75) is 26.7 Å². The average molecular weight is 229 g/mol. The molecular formula is C12H15N5. The van der Waals surface area contributed by atoms with Crippen LogP contribution in [0.15, 0.2) is 18.6 Å². The maximum absolute atomic E-state index is 5.96. The lowest BCUT2D eigenvalue weighted by Crippen LogP contribution is -2.07. The molecule has 2 aromatic rings. The van der Waals surface area contributed by atoms with E-state index >= 15 is 0 Å². The Bertz CT molecular complexity index is 499. The van der Waals surface area contributed by atoms with E-state index in [4.69, 9.17) is 5.73 Å². The Morgan fingerprint density at radius 3 is 2.47 bits per heavy atom. The molecule has 5 heteroatoms. The second kappa shape index (κ2) is 4.45. The Kier molecular flexibility index (Phi) is 2.99. The molecule has 2 rings (SSSR count). The molecule has 88 valence electrons. The van der Waals surface area contributed by atoms with Crippen molar-refractivity contribution < 1.29 is 0 Å². The summed E-state index contributed by atoms with van der Waals surface area (Å²) in [6.45, 7) is 6.08. The first-order valence-corrected chi connectivity index (χ1v) is 5.50. The van der Waals surface area contributed by atoms with Crippen LogP contribution in [0, 0.1) is 6.92 Å². The SMILES string of the molecule is Cc1nc(-c2cnccn2)nc(N)c1C(C)C. The fourth-order valence-electron chi connectivity index (χ4n) is 1.85. The fourth-order valence-corrected chi connectivity index (χ4v) is 1.85. The standard InChI is InChI=1S/C12H15N5/c1-7(2)10-8(3)16-12(17-11(10)13)9-6-14-4-5-15-9/h4-7H,1-3H3,(H2,13,16,17). The topological polar surface area (TPSA) is 77.6 Å². The van der Waals surface area contributed by atoms with Gasteiger partial charge in [-0.25, -0.2) is 15.0 Å². The Morgan fingerprint density at radius 1 is 1.18 bits per heavy atom. The molecule has 17 heavy (non-hydrogen) atoms. The van der Waals surface area contributed by atoms with Crippen molar-refractivity contribution >= 4 is 5.82 Å². The Hall–Kier alpha value is -2.04. The molecule has 0 saturated carbocycles. The minimum Gasteiger partial charge on any atom is -0.383 e. The second-order valence-corrected chi connectivity index (χ2v) is 4.18. The Morgan fingerprint density at radius 2 is 1.94 bits per heavy atom. The molecule has 2 heterocycles. The number of nitrogen functional groups attached to an aromatic ring is 1.